The maximum absolute atomic E-state index is 5.31. The van der Waals surface area contributed by atoms with E-state index in [9.17, 15) is 0 Å². The third kappa shape index (κ3) is 2.87. The average molecular weight is 383 g/mol. The fourth-order valence-corrected chi connectivity index (χ4v) is 4.65. The molecule has 0 radical (unpaired) electrons. The molecule has 0 unspecified atom stereocenters. The van der Waals surface area contributed by atoms with E-state index >= 15 is 0 Å². The van der Waals surface area contributed by atoms with E-state index in [1.807, 2.05) is 17.4 Å². The Balaban J connectivity index is 1.72. The normalized spacial score (nSPS) is 11.2. The number of ether oxygens (including phenoxy) is 1. The van der Waals surface area contributed by atoms with E-state index in [2.05, 4.69) is 70.5 Å². The van der Waals surface area contributed by atoms with Gasteiger partial charge in [0.25, 0.3) is 0 Å². The van der Waals surface area contributed by atoms with Gasteiger partial charge < -0.3 is 4.74 Å². The number of hydrogen-bond acceptors (Lipinski definition) is 2. The molecule has 0 saturated carbocycles. The molecule has 3 heteroatoms. The summed E-state index contributed by atoms with van der Waals surface area (Å²) in [4.78, 5) is 1.37. The van der Waals surface area contributed by atoms with Crippen LogP contribution in [0.25, 0.3) is 20.9 Å². The van der Waals surface area contributed by atoms with Crippen LogP contribution in [0.3, 0.4) is 0 Å². The summed E-state index contributed by atoms with van der Waals surface area (Å²) >= 11 is 5.55. The quantitative estimate of drug-likeness (QED) is 0.397. The van der Waals surface area contributed by atoms with Crippen LogP contribution in [-0.4, -0.2) is 7.11 Å². The minimum atomic E-state index is 0.912. The van der Waals surface area contributed by atoms with Crippen molar-refractivity contribution in [1.29, 1.82) is 0 Å². The van der Waals surface area contributed by atoms with Crippen LogP contribution in [0.4, 0.5) is 0 Å². The number of fused-ring (bicyclic) bond motifs is 2. The van der Waals surface area contributed by atoms with Crippen molar-refractivity contribution in [2.24, 2.45) is 0 Å². The third-order valence-corrected chi connectivity index (χ3v) is 5.80. The first-order valence-corrected chi connectivity index (χ1v) is 9.07. The molecule has 0 aliphatic heterocycles. The number of benzene rings is 3. The highest BCUT2D eigenvalue weighted by Crippen LogP contribution is 2.32. The number of thiophene rings is 1. The maximum Gasteiger partial charge on any atom is 0.119 e. The molecule has 0 saturated heterocycles. The predicted molar refractivity (Wildman–Crippen MR) is 103 cm³/mol. The van der Waals surface area contributed by atoms with E-state index in [1.54, 1.807) is 7.11 Å². The van der Waals surface area contributed by atoms with Gasteiger partial charge in [-0.25, -0.2) is 0 Å². The Morgan fingerprint density at radius 2 is 1.83 bits per heavy atom. The lowest BCUT2D eigenvalue weighted by molar-refractivity contribution is 0.415. The second kappa shape index (κ2) is 5.99. The zero-order valence-corrected chi connectivity index (χ0v) is 15.1. The average Bonchev–Trinajstić information content (AvgIpc) is 2.96. The summed E-state index contributed by atoms with van der Waals surface area (Å²) in [6, 6.07) is 21.5. The molecule has 0 atom stereocenters. The van der Waals surface area contributed by atoms with E-state index in [0.717, 1.165) is 16.6 Å². The molecule has 0 N–H and O–H groups in total. The smallest absolute Gasteiger partial charge is 0.119 e. The Bertz CT molecular complexity index is 1000. The number of methoxy groups -OCH3 is 1. The monoisotopic (exact) mass is 382 g/mol. The summed E-state index contributed by atoms with van der Waals surface area (Å²) in [6.07, 6.45) is 0.950. The molecule has 1 heterocycles. The summed E-state index contributed by atoms with van der Waals surface area (Å²) in [7, 11) is 1.71. The van der Waals surface area contributed by atoms with Crippen molar-refractivity contribution in [3.8, 4) is 5.75 Å². The van der Waals surface area contributed by atoms with Crippen LogP contribution >= 0.6 is 27.3 Å². The number of rotatable bonds is 3. The predicted octanol–water partition coefficient (Wildman–Crippen LogP) is 6.42. The van der Waals surface area contributed by atoms with Crippen molar-refractivity contribution in [2.75, 3.05) is 7.11 Å². The second-order valence-corrected chi connectivity index (χ2v) is 7.61. The molecule has 3 aromatic carbocycles. The van der Waals surface area contributed by atoms with Crippen LogP contribution in [0, 0.1) is 0 Å². The van der Waals surface area contributed by atoms with Crippen molar-refractivity contribution in [2.45, 2.75) is 6.42 Å². The lowest BCUT2D eigenvalue weighted by atomic mass is 10.0. The van der Waals surface area contributed by atoms with Gasteiger partial charge in [0.15, 0.2) is 0 Å². The van der Waals surface area contributed by atoms with E-state index in [4.69, 9.17) is 4.74 Å². The van der Waals surface area contributed by atoms with Gasteiger partial charge in [0.1, 0.15) is 5.75 Å². The second-order valence-electron chi connectivity index (χ2n) is 5.59. The molecular formula is C20H15BrOS. The summed E-state index contributed by atoms with van der Waals surface area (Å²) in [6.45, 7) is 0. The Hall–Kier alpha value is -1.84. The van der Waals surface area contributed by atoms with Gasteiger partial charge in [0.2, 0.25) is 0 Å². The van der Waals surface area contributed by atoms with Crippen LogP contribution < -0.4 is 4.74 Å². The molecule has 0 amide bonds. The SMILES string of the molecule is COc1ccc2sc(Cc3cc(Br)c4ccccc4c3)cc2c1. The van der Waals surface area contributed by atoms with Gasteiger partial charge in [-0.2, -0.15) is 0 Å². The highest BCUT2D eigenvalue weighted by atomic mass is 79.9. The summed E-state index contributed by atoms with van der Waals surface area (Å²) in [5, 5.41) is 3.79. The van der Waals surface area contributed by atoms with Crippen molar-refractivity contribution in [1.82, 2.24) is 0 Å². The first kappa shape index (κ1) is 14.7. The molecule has 0 fully saturated rings. The summed E-state index contributed by atoms with van der Waals surface area (Å²) < 4.78 is 7.78. The lowest BCUT2D eigenvalue weighted by Crippen LogP contribution is -1.86. The molecule has 4 rings (SSSR count). The van der Waals surface area contributed by atoms with Crippen molar-refractivity contribution >= 4 is 48.1 Å². The van der Waals surface area contributed by atoms with E-state index in [-0.39, 0.29) is 0 Å². The molecule has 1 aromatic heterocycles. The molecule has 1 nitrogen and oxygen atoms in total. The molecule has 23 heavy (non-hydrogen) atoms. The Kier molecular flexibility index (Phi) is 3.83. The molecule has 0 aliphatic rings. The van der Waals surface area contributed by atoms with Crippen molar-refractivity contribution < 1.29 is 4.74 Å². The van der Waals surface area contributed by atoms with Gasteiger partial charge in [0.05, 0.1) is 7.11 Å². The zero-order valence-electron chi connectivity index (χ0n) is 12.7. The van der Waals surface area contributed by atoms with Gasteiger partial charge >= 0.3 is 0 Å². The minimum Gasteiger partial charge on any atom is -0.497 e. The van der Waals surface area contributed by atoms with E-state index in [1.165, 1.54) is 31.3 Å². The summed E-state index contributed by atoms with van der Waals surface area (Å²) in [5.41, 5.74) is 1.33. The summed E-state index contributed by atoms with van der Waals surface area (Å²) in [5.74, 6) is 0.912. The molecular weight excluding hydrogens is 368 g/mol. The van der Waals surface area contributed by atoms with Gasteiger partial charge in [0, 0.05) is 20.5 Å². The standard InChI is InChI=1S/C20H15BrOS/c1-22-16-6-7-20-15(11-16)12-17(23-20)9-13-8-14-4-2-3-5-18(14)19(21)10-13/h2-8,10-12H,9H2,1H3. The van der Waals surface area contributed by atoms with Crippen LogP contribution in [0.2, 0.25) is 0 Å². The first-order chi connectivity index (χ1) is 11.2. The van der Waals surface area contributed by atoms with Crippen molar-refractivity contribution in [3.63, 3.8) is 0 Å². The maximum atomic E-state index is 5.31. The molecule has 0 aliphatic carbocycles. The fourth-order valence-electron chi connectivity index (χ4n) is 2.92. The molecule has 0 spiro atoms. The van der Waals surface area contributed by atoms with Gasteiger partial charge in [-0.3, -0.25) is 0 Å². The highest BCUT2D eigenvalue weighted by molar-refractivity contribution is 9.10. The number of halogens is 1. The number of hydrogen-bond donors (Lipinski definition) is 0. The zero-order chi connectivity index (χ0) is 15.8. The van der Waals surface area contributed by atoms with E-state index < -0.39 is 0 Å². The largest absolute Gasteiger partial charge is 0.497 e. The fraction of sp³-hybridized carbons (Fsp3) is 0.100. The Morgan fingerprint density at radius 1 is 0.957 bits per heavy atom. The Labute approximate surface area is 147 Å². The highest BCUT2D eigenvalue weighted by Gasteiger charge is 2.07. The van der Waals surface area contributed by atoms with Crippen LogP contribution in [0.5, 0.6) is 5.75 Å². The van der Waals surface area contributed by atoms with Crippen LogP contribution in [-0.2, 0) is 6.42 Å². The molecule has 4 aromatic rings. The molecule has 0 bridgehead atoms. The lowest BCUT2D eigenvalue weighted by Gasteiger charge is -2.05. The Morgan fingerprint density at radius 3 is 2.70 bits per heavy atom. The van der Waals surface area contributed by atoms with Gasteiger partial charge in [-0.05, 0) is 52.1 Å². The van der Waals surface area contributed by atoms with E-state index in [0.29, 0.717) is 0 Å². The minimum absolute atomic E-state index is 0.912. The van der Waals surface area contributed by atoms with Crippen molar-refractivity contribution in [3.05, 3.63) is 75.6 Å². The molecule has 114 valence electrons. The first-order valence-electron chi connectivity index (χ1n) is 7.46. The third-order valence-electron chi connectivity index (χ3n) is 4.02. The topological polar surface area (TPSA) is 9.23 Å². The van der Waals surface area contributed by atoms with Crippen LogP contribution in [0.1, 0.15) is 10.4 Å². The van der Waals surface area contributed by atoms with Gasteiger partial charge in [-0.1, -0.05) is 46.3 Å². The van der Waals surface area contributed by atoms with Crippen LogP contribution in [0.15, 0.2) is 65.1 Å². The van der Waals surface area contributed by atoms with Gasteiger partial charge in [-0.15, -0.1) is 11.3 Å².